The number of thiocarbonyl (C=S) groups is 1. The predicted molar refractivity (Wildman–Crippen MR) is 89.0 cm³/mol. The number of carboxylic acid groups (broad SMARTS) is 1. The smallest absolute Gasteiger partial charge is 0.266 e. The van der Waals surface area contributed by atoms with E-state index in [-0.39, 0.29) is 4.32 Å². The third kappa shape index (κ3) is 4.02. The van der Waals surface area contributed by atoms with Crippen LogP contribution in [0.3, 0.4) is 0 Å². The van der Waals surface area contributed by atoms with Gasteiger partial charge in [0.25, 0.3) is 5.91 Å². The van der Waals surface area contributed by atoms with E-state index >= 15 is 0 Å². The molecule has 0 saturated carbocycles. The highest BCUT2D eigenvalue weighted by Crippen LogP contribution is 2.34. The van der Waals surface area contributed by atoms with E-state index < -0.39 is 18.4 Å². The van der Waals surface area contributed by atoms with Crippen LogP contribution in [0.25, 0.3) is 6.08 Å². The Bertz CT molecular complexity index is 686. The molecular formula is C15H14NO5S2-. The number of hydrogen-bond acceptors (Lipinski definition) is 7. The highest BCUT2D eigenvalue weighted by molar-refractivity contribution is 8.26. The predicted octanol–water partition coefficient (Wildman–Crippen LogP) is 1.04. The van der Waals surface area contributed by atoms with Crippen LogP contribution >= 0.6 is 24.0 Å². The maximum Gasteiger partial charge on any atom is 0.266 e. The molecule has 0 N–H and O–H groups in total. The van der Waals surface area contributed by atoms with Gasteiger partial charge in [-0.05, 0) is 30.7 Å². The summed E-state index contributed by atoms with van der Waals surface area (Å²) in [5, 5.41) is 10.7. The fourth-order valence-corrected chi connectivity index (χ4v) is 3.22. The van der Waals surface area contributed by atoms with Gasteiger partial charge < -0.3 is 19.4 Å². The van der Waals surface area contributed by atoms with Crippen LogP contribution in [0.15, 0.2) is 23.1 Å². The number of carboxylic acids is 1. The lowest BCUT2D eigenvalue weighted by Crippen LogP contribution is -2.40. The van der Waals surface area contributed by atoms with Crippen LogP contribution in [0, 0.1) is 0 Å². The van der Waals surface area contributed by atoms with Crippen LogP contribution in [0.4, 0.5) is 0 Å². The van der Waals surface area contributed by atoms with Crippen LogP contribution in [0.1, 0.15) is 12.5 Å². The molecule has 0 spiro atoms. The zero-order chi connectivity index (χ0) is 17.0. The summed E-state index contributed by atoms with van der Waals surface area (Å²) in [5.74, 6) is -0.648. The molecule has 1 aromatic rings. The summed E-state index contributed by atoms with van der Waals surface area (Å²) in [6, 6.07) is 5.26. The van der Waals surface area contributed by atoms with Gasteiger partial charge in [-0.2, -0.15) is 0 Å². The van der Waals surface area contributed by atoms with Crippen molar-refractivity contribution in [3.05, 3.63) is 28.7 Å². The zero-order valence-electron chi connectivity index (χ0n) is 12.5. The van der Waals surface area contributed by atoms with Gasteiger partial charge >= 0.3 is 0 Å². The summed E-state index contributed by atoms with van der Waals surface area (Å²) in [6.07, 6.45) is 1.63. The van der Waals surface area contributed by atoms with E-state index in [9.17, 15) is 14.7 Å². The molecule has 1 aliphatic heterocycles. The van der Waals surface area contributed by atoms with Crippen molar-refractivity contribution in [2.24, 2.45) is 0 Å². The second kappa shape index (κ2) is 7.47. The van der Waals surface area contributed by atoms with Gasteiger partial charge in [0.15, 0.2) is 11.5 Å². The molecule has 1 saturated heterocycles. The summed E-state index contributed by atoms with van der Waals surface area (Å²) in [7, 11) is 1.53. The summed E-state index contributed by atoms with van der Waals surface area (Å²) in [6.45, 7) is 1.84. The van der Waals surface area contributed by atoms with E-state index in [0.29, 0.717) is 23.0 Å². The van der Waals surface area contributed by atoms with E-state index in [2.05, 4.69) is 0 Å². The van der Waals surface area contributed by atoms with Crippen LogP contribution in [-0.2, 0) is 9.59 Å². The van der Waals surface area contributed by atoms with Gasteiger partial charge in [-0.25, -0.2) is 0 Å². The first-order valence-electron chi connectivity index (χ1n) is 6.72. The number of benzene rings is 1. The monoisotopic (exact) mass is 352 g/mol. The van der Waals surface area contributed by atoms with Crippen LogP contribution in [-0.4, -0.2) is 41.4 Å². The van der Waals surface area contributed by atoms with Crippen LogP contribution in [0.2, 0.25) is 0 Å². The van der Waals surface area contributed by atoms with Gasteiger partial charge in [-0.15, -0.1) is 0 Å². The van der Waals surface area contributed by atoms with Crippen molar-refractivity contribution >= 4 is 46.3 Å². The fraction of sp³-hybridized carbons (Fsp3) is 0.267. The van der Waals surface area contributed by atoms with Gasteiger partial charge in [0.1, 0.15) is 4.32 Å². The number of ether oxygens (including phenoxy) is 2. The fourth-order valence-electron chi connectivity index (χ4n) is 1.97. The SMILES string of the molecule is CCOc1ccc(/C=C2/SC(=S)N(CC(=O)[O-])C2=O)cc1OC. The Labute approximate surface area is 143 Å². The van der Waals surface area contributed by atoms with Crippen molar-refractivity contribution in [1.82, 2.24) is 4.90 Å². The number of carbonyl (C=O) groups is 2. The molecule has 6 nitrogen and oxygen atoms in total. The summed E-state index contributed by atoms with van der Waals surface area (Å²) >= 11 is 6.08. The lowest BCUT2D eigenvalue weighted by atomic mass is 10.2. The third-order valence-corrected chi connectivity index (χ3v) is 4.32. The summed E-state index contributed by atoms with van der Waals surface area (Å²) in [4.78, 5) is 24.2. The Hall–Kier alpha value is -2.06. The molecule has 1 aromatic carbocycles. The molecule has 0 aliphatic carbocycles. The molecule has 1 aliphatic rings. The molecular weight excluding hydrogens is 338 g/mol. The molecule has 0 bridgehead atoms. The van der Waals surface area contributed by atoms with Crippen molar-refractivity contribution in [1.29, 1.82) is 0 Å². The lowest BCUT2D eigenvalue weighted by molar-refractivity contribution is -0.305. The number of thioether (sulfide) groups is 1. The van der Waals surface area contributed by atoms with Gasteiger partial charge in [0.05, 0.1) is 31.1 Å². The van der Waals surface area contributed by atoms with Crippen molar-refractivity contribution in [3.8, 4) is 11.5 Å². The average Bonchev–Trinajstić information content (AvgIpc) is 2.76. The standard InChI is InChI=1S/C15H15NO5S2/c1-3-21-10-5-4-9(6-11(10)20-2)7-12-14(19)16(8-13(17)18)15(22)23-12/h4-7H,3,8H2,1-2H3,(H,17,18)/p-1/b12-7+. The number of aliphatic carboxylic acids is 1. The second-order valence-electron chi connectivity index (χ2n) is 4.48. The Kier molecular flexibility index (Phi) is 5.62. The molecule has 2 rings (SSSR count). The van der Waals surface area contributed by atoms with E-state index in [1.807, 2.05) is 6.92 Å². The number of nitrogens with zero attached hydrogens (tertiary/aromatic N) is 1. The van der Waals surface area contributed by atoms with Gasteiger partial charge in [0, 0.05) is 0 Å². The molecule has 0 radical (unpaired) electrons. The Morgan fingerprint density at radius 2 is 2.17 bits per heavy atom. The Balaban J connectivity index is 2.26. The first kappa shape index (κ1) is 17.3. The van der Waals surface area contributed by atoms with Crippen molar-refractivity contribution in [3.63, 3.8) is 0 Å². The highest BCUT2D eigenvalue weighted by atomic mass is 32.2. The van der Waals surface area contributed by atoms with E-state index in [1.165, 1.54) is 7.11 Å². The molecule has 8 heteroatoms. The number of methoxy groups -OCH3 is 1. The van der Waals surface area contributed by atoms with Gasteiger partial charge in [0.2, 0.25) is 0 Å². The molecule has 23 heavy (non-hydrogen) atoms. The Morgan fingerprint density at radius 1 is 1.43 bits per heavy atom. The van der Waals surface area contributed by atoms with Crippen molar-refractivity contribution in [2.45, 2.75) is 6.92 Å². The lowest BCUT2D eigenvalue weighted by Gasteiger charge is -2.14. The molecule has 0 aromatic heterocycles. The molecule has 1 heterocycles. The number of rotatable bonds is 6. The van der Waals surface area contributed by atoms with E-state index in [0.717, 1.165) is 22.2 Å². The summed E-state index contributed by atoms with van der Waals surface area (Å²) in [5.41, 5.74) is 0.722. The average molecular weight is 352 g/mol. The third-order valence-electron chi connectivity index (χ3n) is 2.95. The highest BCUT2D eigenvalue weighted by Gasteiger charge is 2.31. The van der Waals surface area contributed by atoms with Gasteiger partial charge in [-0.1, -0.05) is 30.0 Å². The minimum absolute atomic E-state index is 0.198. The van der Waals surface area contributed by atoms with E-state index in [1.54, 1.807) is 24.3 Å². The van der Waals surface area contributed by atoms with Gasteiger partial charge in [-0.3, -0.25) is 9.69 Å². The van der Waals surface area contributed by atoms with Crippen molar-refractivity contribution in [2.75, 3.05) is 20.3 Å². The summed E-state index contributed by atoms with van der Waals surface area (Å²) < 4.78 is 10.9. The molecule has 0 atom stereocenters. The second-order valence-corrected chi connectivity index (χ2v) is 6.16. The maximum atomic E-state index is 12.2. The first-order valence-corrected chi connectivity index (χ1v) is 7.94. The molecule has 1 fully saturated rings. The van der Waals surface area contributed by atoms with Crippen molar-refractivity contribution < 1.29 is 24.2 Å². The van der Waals surface area contributed by atoms with Crippen LogP contribution in [0.5, 0.6) is 11.5 Å². The number of carbonyl (C=O) groups excluding carboxylic acids is 2. The van der Waals surface area contributed by atoms with E-state index in [4.69, 9.17) is 21.7 Å². The molecule has 122 valence electrons. The number of hydrogen-bond donors (Lipinski definition) is 0. The zero-order valence-corrected chi connectivity index (χ0v) is 14.2. The molecule has 1 amide bonds. The normalized spacial score (nSPS) is 16.1. The Morgan fingerprint density at radius 3 is 2.78 bits per heavy atom. The molecule has 0 unspecified atom stereocenters. The van der Waals surface area contributed by atoms with Crippen LogP contribution < -0.4 is 14.6 Å². The number of amides is 1. The quantitative estimate of drug-likeness (QED) is 0.559. The minimum Gasteiger partial charge on any atom is -0.548 e. The maximum absolute atomic E-state index is 12.2. The minimum atomic E-state index is -1.36. The first-order chi connectivity index (χ1) is 11.0. The topological polar surface area (TPSA) is 78.9 Å². The largest absolute Gasteiger partial charge is 0.548 e.